The number of benzene rings is 3. The molecular formula is C21H23ClFNO. The Morgan fingerprint density at radius 1 is 0.960 bits per heavy atom. The van der Waals surface area contributed by atoms with Crippen LogP contribution in [0.5, 0.6) is 5.75 Å². The van der Waals surface area contributed by atoms with E-state index in [4.69, 9.17) is 4.74 Å². The number of halogens is 2. The fraction of sp³-hybridized carbons (Fsp3) is 0.238. The topological polar surface area (TPSA) is 21.3 Å². The van der Waals surface area contributed by atoms with Crippen molar-refractivity contribution >= 4 is 23.2 Å². The van der Waals surface area contributed by atoms with E-state index in [2.05, 4.69) is 30.4 Å². The number of fused-ring (bicyclic) bond motifs is 1. The van der Waals surface area contributed by atoms with E-state index in [1.54, 1.807) is 12.1 Å². The number of hydrogen-bond acceptors (Lipinski definition) is 2. The fourth-order valence-electron chi connectivity index (χ4n) is 2.79. The van der Waals surface area contributed by atoms with E-state index >= 15 is 0 Å². The van der Waals surface area contributed by atoms with Gasteiger partial charge in [0.15, 0.2) is 0 Å². The molecule has 132 valence electrons. The predicted molar refractivity (Wildman–Crippen MR) is 104 cm³/mol. The average molecular weight is 360 g/mol. The van der Waals surface area contributed by atoms with Gasteiger partial charge in [-0.1, -0.05) is 55.5 Å². The zero-order valence-corrected chi connectivity index (χ0v) is 15.1. The van der Waals surface area contributed by atoms with E-state index in [9.17, 15) is 4.39 Å². The zero-order valence-electron chi connectivity index (χ0n) is 14.3. The molecule has 0 saturated heterocycles. The lowest BCUT2D eigenvalue weighted by Gasteiger charge is -2.15. The SMILES string of the molecule is CCCNCc1c(OCc2ccccc2F)ccc2ccccc12.Cl. The van der Waals surface area contributed by atoms with Crippen molar-refractivity contribution in [2.75, 3.05) is 6.54 Å². The summed E-state index contributed by atoms with van der Waals surface area (Å²) < 4.78 is 19.8. The molecule has 2 nitrogen and oxygen atoms in total. The van der Waals surface area contributed by atoms with Crippen LogP contribution in [0.2, 0.25) is 0 Å². The van der Waals surface area contributed by atoms with Gasteiger partial charge in [-0.15, -0.1) is 12.4 Å². The van der Waals surface area contributed by atoms with E-state index in [-0.39, 0.29) is 24.8 Å². The van der Waals surface area contributed by atoms with E-state index < -0.39 is 0 Å². The summed E-state index contributed by atoms with van der Waals surface area (Å²) in [6.45, 7) is 4.06. The van der Waals surface area contributed by atoms with Gasteiger partial charge < -0.3 is 10.1 Å². The highest BCUT2D eigenvalue weighted by molar-refractivity contribution is 5.87. The van der Waals surface area contributed by atoms with Gasteiger partial charge in [0.25, 0.3) is 0 Å². The van der Waals surface area contributed by atoms with E-state index in [0.717, 1.165) is 30.8 Å². The molecule has 0 spiro atoms. The van der Waals surface area contributed by atoms with Gasteiger partial charge >= 0.3 is 0 Å². The van der Waals surface area contributed by atoms with Gasteiger partial charge in [0.2, 0.25) is 0 Å². The Bertz CT molecular complexity index is 822. The van der Waals surface area contributed by atoms with Gasteiger partial charge in [0.1, 0.15) is 18.2 Å². The smallest absolute Gasteiger partial charge is 0.129 e. The van der Waals surface area contributed by atoms with Crippen LogP contribution in [0.4, 0.5) is 4.39 Å². The molecule has 0 heterocycles. The van der Waals surface area contributed by atoms with E-state index in [0.29, 0.717) is 5.56 Å². The highest BCUT2D eigenvalue weighted by Crippen LogP contribution is 2.29. The molecule has 3 aromatic rings. The minimum absolute atomic E-state index is 0. The Hall–Kier alpha value is -2.10. The van der Waals surface area contributed by atoms with Crippen molar-refractivity contribution in [3.05, 3.63) is 77.6 Å². The standard InChI is InChI=1S/C21H22FNO.ClH/c1-2-13-23-14-19-18-9-5-3-7-16(18)11-12-21(19)24-15-17-8-4-6-10-20(17)22;/h3-12,23H,2,13-15H2,1H3;1H. The first-order valence-corrected chi connectivity index (χ1v) is 8.37. The molecule has 0 fully saturated rings. The van der Waals surface area contributed by atoms with Gasteiger partial charge in [-0.25, -0.2) is 4.39 Å². The predicted octanol–water partition coefficient (Wildman–Crippen LogP) is 5.48. The molecule has 0 bridgehead atoms. The maximum Gasteiger partial charge on any atom is 0.129 e. The van der Waals surface area contributed by atoms with Crippen molar-refractivity contribution in [1.82, 2.24) is 5.32 Å². The molecule has 0 aromatic heterocycles. The second kappa shape index (κ2) is 9.40. The van der Waals surface area contributed by atoms with Crippen molar-refractivity contribution in [2.24, 2.45) is 0 Å². The minimum Gasteiger partial charge on any atom is -0.488 e. The lowest BCUT2D eigenvalue weighted by molar-refractivity contribution is 0.296. The van der Waals surface area contributed by atoms with Crippen molar-refractivity contribution in [1.29, 1.82) is 0 Å². The quantitative estimate of drug-likeness (QED) is 0.564. The molecule has 3 aromatic carbocycles. The molecule has 0 aliphatic rings. The van der Waals surface area contributed by atoms with Crippen molar-refractivity contribution in [3.63, 3.8) is 0 Å². The highest BCUT2D eigenvalue weighted by atomic mass is 35.5. The summed E-state index contributed by atoms with van der Waals surface area (Å²) in [5, 5.41) is 5.80. The third-order valence-electron chi connectivity index (χ3n) is 4.07. The Kier molecular flexibility index (Phi) is 7.23. The maximum atomic E-state index is 13.8. The number of hydrogen-bond donors (Lipinski definition) is 1. The number of ether oxygens (including phenoxy) is 1. The van der Waals surface area contributed by atoms with Crippen LogP contribution in [0.3, 0.4) is 0 Å². The second-order valence-electron chi connectivity index (χ2n) is 5.82. The van der Waals surface area contributed by atoms with Gasteiger partial charge in [-0.05, 0) is 35.9 Å². The molecule has 0 saturated carbocycles. The minimum atomic E-state index is -0.232. The molecule has 0 aliphatic heterocycles. The van der Waals surface area contributed by atoms with Crippen LogP contribution < -0.4 is 10.1 Å². The first-order chi connectivity index (χ1) is 11.8. The van der Waals surface area contributed by atoms with Crippen LogP contribution in [0, 0.1) is 5.82 Å². The summed E-state index contributed by atoms with van der Waals surface area (Å²) in [7, 11) is 0. The fourth-order valence-corrected chi connectivity index (χ4v) is 2.79. The van der Waals surface area contributed by atoms with Crippen molar-refractivity contribution < 1.29 is 9.13 Å². The van der Waals surface area contributed by atoms with E-state index in [1.807, 2.05) is 24.3 Å². The van der Waals surface area contributed by atoms with Crippen LogP contribution in [0.1, 0.15) is 24.5 Å². The highest BCUT2D eigenvalue weighted by Gasteiger charge is 2.10. The first-order valence-electron chi connectivity index (χ1n) is 8.37. The van der Waals surface area contributed by atoms with Crippen LogP contribution >= 0.6 is 12.4 Å². The van der Waals surface area contributed by atoms with Gasteiger partial charge in [0.05, 0.1) is 0 Å². The number of nitrogens with one attached hydrogen (secondary N) is 1. The summed E-state index contributed by atoms with van der Waals surface area (Å²) >= 11 is 0. The Labute approximate surface area is 154 Å². The van der Waals surface area contributed by atoms with Crippen LogP contribution in [-0.4, -0.2) is 6.54 Å². The molecule has 3 rings (SSSR count). The number of rotatable bonds is 7. The molecule has 0 atom stereocenters. The lowest BCUT2D eigenvalue weighted by atomic mass is 10.0. The van der Waals surface area contributed by atoms with Crippen LogP contribution in [-0.2, 0) is 13.2 Å². The third kappa shape index (κ3) is 4.71. The van der Waals surface area contributed by atoms with Crippen molar-refractivity contribution in [2.45, 2.75) is 26.5 Å². The van der Waals surface area contributed by atoms with Crippen LogP contribution in [0.15, 0.2) is 60.7 Å². The summed E-state index contributed by atoms with van der Waals surface area (Å²) in [6, 6.07) is 19.0. The molecule has 0 amide bonds. The summed E-state index contributed by atoms with van der Waals surface area (Å²) in [5.74, 6) is 0.574. The molecule has 4 heteroatoms. The molecule has 1 N–H and O–H groups in total. The zero-order chi connectivity index (χ0) is 16.8. The molecule has 25 heavy (non-hydrogen) atoms. The lowest BCUT2D eigenvalue weighted by Crippen LogP contribution is -2.15. The summed E-state index contributed by atoms with van der Waals surface area (Å²) in [6.07, 6.45) is 1.08. The maximum absolute atomic E-state index is 13.8. The molecular weight excluding hydrogens is 337 g/mol. The Morgan fingerprint density at radius 3 is 2.52 bits per heavy atom. The van der Waals surface area contributed by atoms with Crippen molar-refractivity contribution in [3.8, 4) is 5.75 Å². The Balaban J connectivity index is 0.00000225. The van der Waals surface area contributed by atoms with Gasteiger partial charge in [-0.2, -0.15) is 0 Å². The first kappa shape index (κ1) is 19.2. The second-order valence-corrected chi connectivity index (χ2v) is 5.82. The average Bonchev–Trinajstić information content (AvgIpc) is 2.62. The Morgan fingerprint density at radius 2 is 1.72 bits per heavy atom. The largest absolute Gasteiger partial charge is 0.488 e. The normalized spacial score (nSPS) is 10.5. The molecule has 0 unspecified atom stereocenters. The summed E-state index contributed by atoms with van der Waals surface area (Å²) in [4.78, 5) is 0. The van der Waals surface area contributed by atoms with E-state index in [1.165, 1.54) is 16.8 Å². The van der Waals surface area contributed by atoms with Crippen LogP contribution in [0.25, 0.3) is 10.8 Å². The van der Waals surface area contributed by atoms with Gasteiger partial charge in [-0.3, -0.25) is 0 Å². The molecule has 0 aliphatic carbocycles. The summed E-state index contributed by atoms with van der Waals surface area (Å²) in [5.41, 5.74) is 1.69. The van der Waals surface area contributed by atoms with Gasteiger partial charge in [0, 0.05) is 17.7 Å². The monoisotopic (exact) mass is 359 g/mol. The molecule has 0 radical (unpaired) electrons. The third-order valence-corrected chi connectivity index (χ3v) is 4.07.